The van der Waals surface area contributed by atoms with Crippen molar-refractivity contribution in [3.63, 3.8) is 0 Å². The molecule has 7 heteroatoms. The number of methoxy groups -OCH3 is 3. The van der Waals surface area contributed by atoms with Gasteiger partial charge in [-0.2, -0.15) is 0 Å². The Labute approximate surface area is 123 Å². The molecule has 0 aliphatic carbocycles. The predicted molar refractivity (Wildman–Crippen MR) is 76.2 cm³/mol. The minimum Gasteiger partial charge on any atom is -0.496 e. The maximum absolute atomic E-state index is 12.5. The number of hydrogen-bond donors (Lipinski definition) is 2. The number of aliphatic hydroxyl groups is 2. The summed E-state index contributed by atoms with van der Waals surface area (Å²) in [5, 5.41) is 18.0. The van der Waals surface area contributed by atoms with E-state index in [-0.39, 0.29) is 37.8 Å². The molecular formula is C14H21NO6. The average Bonchev–Trinajstić information content (AvgIpc) is 2.52. The maximum Gasteiger partial charge on any atom is 0.257 e. The van der Waals surface area contributed by atoms with Gasteiger partial charge in [-0.05, 0) is 0 Å². The Bertz CT molecular complexity index is 471. The molecule has 0 aromatic heterocycles. The fourth-order valence-corrected chi connectivity index (χ4v) is 1.92. The van der Waals surface area contributed by atoms with Gasteiger partial charge in [0.1, 0.15) is 5.75 Å². The zero-order valence-corrected chi connectivity index (χ0v) is 12.5. The Kier molecular flexibility index (Phi) is 6.77. The van der Waals surface area contributed by atoms with E-state index in [4.69, 9.17) is 24.4 Å². The van der Waals surface area contributed by atoms with Gasteiger partial charge in [0.25, 0.3) is 5.91 Å². The van der Waals surface area contributed by atoms with Crippen molar-refractivity contribution in [1.82, 2.24) is 4.90 Å². The van der Waals surface area contributed by atoms with E-state index in [1.54, 1.807) is 6.07 Å². The van der Waals surface area contributed by atoms with Crippen molar-refractivity contribution in [2.45, 2.75) is 0 Å². The zero-order chi connectivity index (χ0) is 15.8. The Balaban J connectivity index is 3.22. The zero-order valence-electron chi connectivity index (χ0n) is 12.5. The number of rotatable bonds is 8. The molecule has 1 aromatic carbocycles. The lowest BCUT2D eigenvalue weighted by Gasteiger charge is -2.22. The van der Waals surface area contributed by atoms with Crippen LogP contribution in [0.3, 0.4) is 0 Å². The van der Waals surface area contributed by atoms with E-state index < -0.39 is 0 Å². The standard InChI is InChI=1S/C14H21NO6/c1-19-11-9-13(21-3)12(20-2)8-10(11)14(18)15(4-6-16)5-7-17/h8-9,16-17H,4-7H2,1-3H3. The fraction of sp³-hybridized carbons (Fsp3) is 0.500. The van der Waals surface area contributed by atoms with Gasteiger partial charge in [0, 0.05) is 25.2 Å². The van der Waals surface area contributed by atoms with Crippen LogP contribution in [0.15, 0.2) is 12.1 Å². The first-order valence-electron chi connectivity index (χ1n) is 6.43. The molecule has 0 bridgehead atoms. The van der Waals surface area contributed by atoms with Gasteiger partial charge < -0.3 is 29.3 Å². The second-order valence-corrected chi connectivity index (χ2v) is 4.15. The Morgan fingerprint density at radius 3 is 1.86 bits per heavy atom. The van der Waals surface area contributed by atoms with E-state index in [2.05, 4.69) is 0 Å². The maximum atomic E-state index is 12.5. The van der Waals surface area contributed by atoms with Gasteiger partial charge in [0.05, 0.1) is 40.1 Å². The number of carbonyl (C=O) groups excluding carboxylic acids is 1. The molecule has 0 fully saturated rings. The molecule has 1 aromatic rings. The number of ether oxygens (including phenoxy) is 3. The van der Waals surface area contributed by atoms with Gasteiger partial charge in [-0.15, -0.1) is 0 Å². The third kappa shape index (κ3) is 3.99. The Morgan fingerprint density at radius 2 is 1.43 bits per heavy atom. The summed E-state index contributed by atoms with van der Waals surface area (Å²) in [6, 6.07) is 3.07. The highest BCUT2D eigenvalue weighted by molar-refractivity contribution is 5.97. The van der Waals surface area contributed by atoms with Crippen LogP contribution in [-0.4, -0.2) is 68.7 Å². The summed E-state index contributed by atoms with van der Waals surface area (Å²) in [4.78, 5) is 13.8. The summed E-state index contributed by atoms with van der Waals surface area (Å²) in [6.07, 6.45) is 0. The second kappa shape index (κ2) is 8.33. The molecular weight excluding hydrogens is 278 g/mol. The largest absolute Gasteiger partial charge is 0.496 e. The van der Waals surface area contributed by atoms with Crippen LogP contribution in [0.2, 0.25) is 0 Å². The molecule has 0 aliphatic heterocycles. The molecule has 0 unspecified atom stereocenters. The fourth-order valence-electron chi connectivity index (χ4n) is 1.92. The summed E-state index contributed by atoms with van der Waals surface area (Å²) in [5.74, 6) is 0.811. The Morgan fingerprint density at radius 1 is 0.952 bits per heavy atom. The monoisotopic (exact) mass is 299 g/mol. The number of hydrogen-bond acceptors (Lipinski definition) is 6. The molecule has 0 aliphatic rings. The van der Waals surface area contributed by atoms with Gasteiger partial charge >= 0.3 is 0 Å². The summed E-state index contributed by atoms with van der Waals surface area (Å²) >= 11 is 0. The van der Waals surface area contributed by atoms with Crippen LogP contribution in [0.4, 0.5) is 0 Å². The van der Waals surface area contributed by atoms with E-state index in [1.807, 2.05) is 0 Å². The molecule has 2 N–H and O–H groups in total. The van der Waals surface area contributed by atoms with E-state index in [0.717, 1.165) is 0 Å². The van der Waals surface area contributed by atoms with E-state index in [9.17, 15) is 4.79 Å². The summed E-state index contributed by atoms with van der Waals surface area (Å²) in [7, 11) is 4.40. The quantitative estimate of drug-likeness (QED) is 0.710. The first kappa shape index (κ1) is 17.1. The number of nitrogens with zero attached hydrogens (tertiary/aromatic N) is 1. The number of carbonyl (C=O) groups is 1. The normalized spacial score (nSPS) is 10.1. The van der Waals surface area contributed by atoms with Crippen LogP contribution in [-0.2, 0) is 0 Å². The number of benzene rings is 1. The number of aliphatic hydroxyl groups excluding tert-OH is 2. The van der Waals surface area contributed by atoms with Crippen LogP contribution in [0.25, 0.3) is 0 Å². The molecule has 0 heterocycles. The van der Waals surface area contributed by atoms with Crippen molar-refractivity contribution in [3.8, 4) is 17.2 Å². The molecule has 7 nitrogen and oxygen atoms in total. The van der Waals surface area contributed by atoms with Gasteiger partial charge in [0.2, 0.25) is 0 Å². The molecule has 21 heavy (non-hydrogen) atoms. The molecule has 0 radical (unpaired) electrons. The smallest absolute Gasteiger partial charge is 0.257 e. The van der Waals surface area contributed by atoms with Gasteiger partial charge in [-0.1, -0.05) is 0 Å². The summed E-state index contributed by atoms with van der Waals surface area (Å²) < 4.78 is 15.5. The first-order valence-corrected chi connectivity index (χ1v) is 6.43. The Hall–Kier alpha value is -1.99. The lowest BCUT2D eigenvalue weighted by Crippen LogP contribution is -2.36. The molecule has 0 saturated carbocycles. The third-order valence-electron chi connectivity index (χ3n) is 2.96. The third-order valence-corrected chi connectivity index (χ3v) is 2.96. The average molecular weight is 299 g/mol. The van der Waals surface area contributed by atoms with Crippen LogP contribution in [0.5, 0.6) is 17.2 Å². The molecule has 118 valence electrons. The predicted octanol–water partition coefficient (Wildman–Crippen LogP) is 0.139. The van der Waals surface area contributed by atoms with Crippen LogP contribution < -0.4 is 14.2 Å². The van der Waals surface area contributed by atoms with Gasteiger partial charge in [-0.3, -0.25) is 4.79 Å². The molecule has 0 saturated heterocycles. The second-order valence-electron chi connectivity index (χ2n) is 4.15. The van der Waals surface area contributed by atoms with Crippen molar-refractivity contribution in [2.24, 2.45) is 0 Å². The highest BCUT2D eigenvalue weighted by atomic mass is 16.5. The molecule has 0 spiro atoms. The topological polar surface area (TPSA) is 88.5 Å². The minimum absolute atomic E-state index is 0.122. The molecule has 1 amide bonds. The van der Waals surface area contributed by atoms with Crippen LogP contribution >= 0.6 is 0 Å². The van der Waals surface area contributed by atoms with Crippen molar-refractivity contribution in [3.05, 3.63) is 17.7 Å². The van der Waals surface area contributed by atoms with Gasteiger partial charge in [0.15, 0.2) is 11.5 Å². The van der Waals surface area contributed by atoms with Crippen molar-refractivity contribution < 1.29 is 29.2 Å². The van der Waals surface area contributed by atoms with Crippen LogP contribution in [0, 0.1) is 0 Å². The lowest BCUT2D eigenvalue weighted by molar-refractivity contribution is 0.0681. The van der Waals surface area contributed by atoms with E-state index in [0.29, 0.717) is 17.2 Å². The minimum atomic E-state index is -0.365. The van der Waals surface area contributed by atoms with Crippen LogP contribution in [0.1, 0.15) is 10.4 Å². The van der Waals surface area contributed by atoms with Crippen molar-refractivity contribution in [2.75, 3.05) is 47.6 Å². The molecule has 1 rings (SSSR count). The summed E-state index contributed by atoms with van der Waals surface area (Å²) in [6.45, 7) is -0.142. The van der Waals surface area contributed by atoms with Gasteiger partial charge in [-0.25, -0.2) is 0 Å². The highest BCUT2D eigenvalue weighted by Crippen LogP contribution is 2.35. The van der Waals surface area contributed by atoms with E-state index in [1.165, 1.54) is 32.3 Å². The highest BCUT2D eigenvalue weighted by Gasteiger charge is 2.22. The SMILES string of the molecule is COc1cc(OC)c(C(=O)N(CCO)CCO)cc1OC. The summed E-state index contributed by atoms with van der Waals surface area (Å²) in [5.41, 5.74) is 0.275. The lowest BCUT2D eigenvalue weighted by atomic mass is 10.1. The van der Waals surface area contributed by atoms with E-state index >= 15 is 0 Å². The first-order chi connectivity index (χ1) is 10.1. The van der Waals surface area contributed by atoms with Crippen molar-refractivity contribution in [1.29, 1.82) is 0 Å². The molecule has 0 atom stereocenters. The number of amides is 1. The van der Waals surface area contributed by atoms with Crippen molar-refractivity contribution >= 4 is 5.91 Å².